The highest BCUT2D eigenvalue weighted by Crippen LogP contribution is 2.66. The molecule has 0 unspecified atom stereocenters. The summed E-state index contributed by atoms with van der Waals surface area (Å²) in [6.07, 6.45) is 10.8. The maximum Gasteiger partial charge on any atom is 0.0596 e. The van der Waals surface area contributed by atoms with Crippen LogP contribution in [0, 0.1) is 34.5 Å². The summed E-state index contributed by atoms with van der Waals surface area (Å²) in [6.45, 7) is 2.70. The van der Waals surface area contributed by atoms with Crippen molar-refractivity contribution in [3.05, 3.63) is 0 Å². The molecule has 0 spiro atoms. The number of methoxy groups -OCH3 is 1. The first-order chi connectivity index (χ1) is 11.0. The van der Waals surface area contributed by atoms with Crippen molar-refractivity contribution in [2.75, 3.05) is 13.7 Å². The van der Waals surface area contributed by atoms with Crippen molar-refractivity contribution in [2.45, 2.75) is 76.9 Å². The van der Waals surface area contributed by atoms with Gasteiger partial charge in [-0.2, -0.15) is 0 Å². The van der Waals surface area contributed by atoms with Crippen LogP contribution in [-0.4, -0.2) is 36.1 Å². The molecule has 0 bridgehead atoms. The van der Waals surface area contributed by atoms with E-state index in [1.54, 1.807) is 0 Å². The van der Waals surface area contributed by atoms with Crippen LogP contribution in [0.5, 0.6) is 0 Å². The average molecular weight is 322 g/mol. The molecule has 0 heterocycles. The van der Waals surface area contributed by atoms with E-state index in [1.807, 2.05) is 7.11 Å². The van der Waals surface area contributed by atoms with Gasteiger partial charge in [0.1, 0.15) is 0 Å². The topological polar surface area (TPSA) is 49.7 Å². The van der Waals surface area contributed by atoms with Gasteiger partial charge in [0.05, 0.1) is 12.2 Å². The molecule has 0 amide bonds. The van der Waals surface area contributed by atoms with Gasteiger partial charge in [0.25, 0.3) is 0 Å². The fourth-order valence-electron chi connectivity index (χ4n) is 7.51. The smallest absolute Gasteiger partial charge is 0.0596 e. The zero-order chi connectivity index (χ0) is 16.2. The Kier molecular flexibility index (Phi) is 4.06. The SMILES string of the molecule is CO[C@H]1CC[C@@]2(CO)[C@@H](CC[C@H]3[C@@H]4CC[C@H](O)[C@@]4(C)CC[C@@H]32)C1. The van der Waals surface area contributed by atoms with E-state index in [0.29, 0.717) is 30.5 Å². The van der Waals surface area contributed by atoms with Gasteiger partial charge in [0.2, 0.25) is 0 Å². The summed E-state index contributed by atoms with van der Waals surface area (Å²) in [5.41, 5.74) is 0.293. The second-order valence-electron chi connectivity index (χ2n) is 9.31. The summed E-state index contributed by atoms with van der Waals surface area (Å²) >= 11 is 0. The fourth-order valence-corrected chi connectivity index (χ4v) is 7.51. The second kappa shape index (κ2) is 5.71. The summed E-state index contributed by atoms with van der Waals surface area (Å²) in [5, 5.41) is 21.0. The monoisotopic (exact) mass is 322 g/mol. The van der Waals surface area contributed by atoms with Crippen molar-refractivity contribution in [3.63, 3.8) is 0 Å². The lowest BCUT2D eigenvalue weighted by Gasteiger charge is -2.61. The number of rotatable bonds is 2. The summed E-state index contributed by atoms with van der Waals surface area (Å²) in [5.74, 6) is 2.73. The molecule has 0 aromatic heterocycles. The molecule has 0 aromatic rings. The molecule has 8 atom stereocenters. The van der Waals surface area contributed by atoms with Crippen molar-refractivity contribution in [2.24, 2.45) is 34.5 Å². The molecule has 4 saturated carbocycles. The van der Waals surface area contributed by atoms with E-state index in [4.69, 9.17) is 4.74 Å². The van der Waals surface area contributed by atoms with Crippen LogP contribution in [0.3, 0.4) is 0 Å². The van der Waals surface area contributed by atoms with Crippen LogP contribution in [0.1, 0.15) is 64.7 Å². The minimum absolute atomic E-state index is 0.0968. The van der Waals surface area contributed by atoms with E-state index < -0.39 is 0 Å². The highest BCUT2D eigenvalue weighted by molar-refractivity contribution is 5.10. The van der Waals surface area contributed by atoms with Crippen LogP contribution in [0.15, 0.2) is 0 Å². The first-order valence-corrected chi connectivity index (χ1v) is 9.87. The minimum atomic E-state index is -0.0968. The van der Waals surface area contributed by atoms with Gasteiger partial charge in [0.15, 0.2) is 0 Å². The molecule has 4 aliphatic carbocycles. The maximum absolute atomic E-state index is 10.5. The Bertz CT molecular complexity index is 452. The van der Waals surface area contributed by atoms with Crippen LogP contribution in [0.25, 0.3) is 0 Å². The molecule has 2 N–H and O–H groups in total. The Morgan fingerprint density at radius 2 is 1.83 bits per heavy atom. The number of fused-ring (bicyclic) bond motifs is 5. The third kappa shape index (κ3) is 2.19. The number of hydrogen-bond acceptors (Lipinski definition) is 3. The summed E-state index contributed by atoms with van der Waals surface area (Å²) in [7, 11) is 1.84. The zero-order valence-electron chi connectivity index (χ0n) is 14.8. The number of hydrogen-bond donors (Lipinski definition) is 2. The third-order valence-corrected chi connectivity index (χ3v) is 8.89. The standard InChI is InChI=1S/C20H34O3/c1-19-9-8-17-15(16(19)5-6-18(19)22)4-3-13-11-14(23-2)7-10-20(13,17)12-21/h13-18,21-22H,3-12H2,1-2H3/t13-,14-,15-,16-,17-,18-,19-,20+/m0/s1. The highest BCUT2D eigenvalue weighted by atomic mass is 16.5. The molecule has 3 heteroatoms. The number of aliphatic hydroxyl groups is 2. The van der Waals surface area contributed by atoms with E-state index in [9.17, 15) is 10.2 Å². The zero-order valence-corrected chi connectivity index (χ0v) is 14.8. The number of aliphatic hydroxyl groups excluding tert-OH is 2. The molecule has 4 rings (SSSR count). The Balaban J connectivity index is 1.62. The van der Waals surface area contributed by atoms with E-state index in [0.717, 1.165) is 38.0 Å². The normalized spacial score (nSPS) is 55.8. The Labute approximate surface area is 140 Å². The Morgan fingerprint density at radius 3 is 2.57 bits per heavy atom. The van der Waals surface area contributed by atoms with Gasteiger partial charge in [-0.15, -0.1) is 0 Å². The van der Waals surface area contributed by atoms with Gasteiger partial charge in [-0.3, -0.25) is 0 Å². The largest absolute Gasteiger partial charge is 0.396 e. The Hall–Kier alpha value is -0.120. The summed E-state index contributed by atoms with van der Waals surface area (Å²) < 4.78 is 5.65. The predicted molar refractivity (Wildman–Crippen MR) is 89.9 cm³/mol. The lowest BCUT2D eigenvalue weighted by molar-refractivity contribution is -0.160. The molecule has 0 radical (unpaired) electrons. The molecule has 23 heavy (non-hydrogen) atoms. The highest BCUT2D eigenvalue weighted by Gasteiger charge is 2.61. The quantitative estimate of drug-likeness (QED) is 0.819. The van der Waals surface area contributed by atoms with Crippen molar-refractivity contribution in [3.8, 4) is 0 Å². The van der Waals surface area contributed by atoms with Gasteiger partial charge < -0.3 is 14.9 Å². The molecule has 0 aliphatic heterocycles. The second-order valence-corrected chi connectivity index (χ2v) is 9.31. The summed E-state index contributed by atoms with van der Waals surface area (Å²) in [4.78, 5) is 0. The van der Waals surface area contributed by atoms with Crippen molar-refractivity contribution in [1.29, 1.82) is 0 Å². The average Bonchev–Trinajstić information content (AvgIpc) is 2.89. The molecule has 4 aliphatic rings. The van der Waals surface area contributed by atoms with Crippen LogP contribution < -0.4 is 0 Å². The molecular formula is C20H34O3. The maximum atomic E-state index is 10.5. The molecule has 0 saturated heterocycles. The van der Waals surface area contributed by atoms with E-state index >= 15 is 0 Å². The molecule has 3 nitrogen and oxygen atoms in total. The lowest BCUT2D eigenvalue weighted by Crippen LogP contribution is -2.57. The number of ether oxygens (including phenoxy) is 1. The Morgan fingerprint density at radius 1 is 1.00 bits per heavy atom. The van der Waals surface area contributed by atoms with Crippen molar-refractivity contribution >= 4 is 0 Å². The minimum Gasteiger partial charge on any atom is -0.396 e. The molecular weight excluding hydrogens is 288 g/mol. The fraction of sp³-hybridized carbons (Fsp3) is 1.00. The molecule has 0 aromatic carbocycles. The lowest BCUT2D eigenvalue weighted by atomic mass is 9.44. The van der Waals surface area contributed by atoms with Crippen LogP contribution >= 0.6 is 0 Å². The first-order valence-electron chi connectivity index (χ1n) is 9.87. The third-order valence-electron chi connectivity index (χ3n) is 8.89. The van der Waals surface area contributed by atoms with Crippen molar-refractivity contribution < 1.29 is 14.9 Å². The van der Waals surface area contributed by atoms with Gasteiger partial charge in [0, 0.05) is 13.7 Å². The van der Waals surface area contributed by atoms with E-state index in [1.165, 1.54) is 25.7 Å². The summed E-state index contributed by atoms with van der Waals surface area (Å²) in [6, 6.07) is 0. The molecule has 132 valence electrons. The van der Waals surface area contributed by atoms with E-state index in [-0.39, 0.29) is 16.9 Å². The van der Waals surface area contributed by atoms with Gasteiger partial charge in [-0.05, 0) is 92.3 Å². The van der Waals surface area contributed by atoms with Crippen LogP contribution in [0.2, 0.25) is 0 Å². The van der Waals surface area contributed by atoms with Gasteiger partial charge >= 0.3 is 0 Å². The van der Waals surface area contributed by atoms with Gasteiger partial charge in [-0.25, -0.2) is 0 Å². The first kappa shape index (κ1) is 16.4. The van der Waals surface area contributed by atoms with Crippen LogP contribution in [-0.2, 0) is 4.74 Å². The van der Waals surface area contributed by atoms with Crippen LogP contribution in [0.4, 0.5) is 0 Å². The molecule has 4 fully saturated rings. The van der Waals surface area contributed by atoms with E-state index in [2.05, 4.69) is 6.92 Å². The predicted octanol–water partition coefficient (Wildman–Crippen LogP) is 3.38. The van der Waals surface area contributed by atoms with Gasteiger partial charge in [-0.1, -0.05) is 6.92 Å². The van der Waals surface area contributed by atoms with Crippen molar-refractivity contribution in [1.82, 2.24) is 0 Å².